The Hall–Kier alpha value is -2.61. The number of hydrogen-bond donors (Lipinski definition) is 1. The van der Waals surface area contributed by atoms with E-state index in [4.69, 9.17) is 9.47 Å². The summed E-state index contributed by atoms with van der Waals surface area (Å²) in [6.45, 7) is 8.00. The predicted molar refractivity (Wildman–Crippen MR) is 288 cm³/mol. The van der Waals surface area contributed by atoms with Gasteiger partial charge in [-0.2, -0.15) is 0 Å². The summed E-state index contributed by atoms with van der Waals surface area (Å²) in [6.07, 6.45) is 46.4. The molecule has 0 aliphatic carbocycles. The number of ether oxygens (including phenoxy) is 2. The molecule has 1 fully saturated rings. The third kappa shape index (κ3) is 32.3. The lowest BCUT2D eigenvalue weighted by Crippen LogP contribution is -2.52. The second-order valence-electron chi connectivity index (χ2n) is 21.2. The summed E-state index contributed by atoms with van der Waals surface area (Å²) in [5.41, 5.74) is 1.17. The highest BCUT2D eigenvalue weighted by molar-refractivity contribution is 5.87. The molecule has 1 heterocycles. The highest BCUT2D eigenvalue weighted by Gasteiger charge is 2.34. The van der Waals surface area contributed by atoms with Gasteiger partial charge in [-0.1, -0.05) is 212 Å². The van der Waals surface area contributed by atoms with E-state index in [1.165, 1.54) is 186 Å². The number of unbranched alkanes of at least 4 members (excludes halogenated alkanes) is 28. The lowest BCUT2D eigenvalue weighted by atomic mass is 9.88. The SMILES string of the molecule is CCCCCCCCCCCCC(CCCCCCCCCC)CN(C(=O)CCCCCCCCCCCCCCCC(=O)OC)C(CC1CCN(C)CC1)C(=O)NCCc1ccc(OC)cc1. The second-order valence-corrected chi connectivity index (χ2v) is 21.2. The Balaban J connectivity index is 2.11. The Morgan fingerprint density at radius 2 is 1.03 bits per heavy atom. The van der Waals surface area contributed by atoms with Crippen LogP contribution in [0.15, 0.2) is 24.3 Å². The van der Waals surface area contributed by atoms with Crippen molar-refractivity contribution >= 4 is 17.8 Å². The van der Waals surface area contributed by atoms with E-state index in [2.05, 4.69) is 48.1 Å². The van der Waals surface area contributed by atoms with Crippen LogP contribution < -0.4 is 10.1 Å². The van der Waals surface area contributed by atoms with E-state index in [1.807, 2.05) is 12.1 Å². The van der Waals surface area contributed by atoms with E-state index >= 15 is 0 Å². The number of rotatable bonds is 46. The third-order valence-corrected chi connectivity index (χ3v) is 15.2. The van der Waals surface area contributed by atoms with E-state index in [-0.39, 0.29) is 17.8 Å². The van der Waals surface area contributed by atoms with Crippen LogP contribution in [0.2, 0.25) is 0 Å². The van der Waals surface area contributed by atoms with Gasteiger partial charge in [-0.25, -0.2) is 0 Å². The van der Waals surface area contributed by atoms with E-state index in [0.29, 0.717) is 31.2 Å². The molecule has 0 bridgehead atoms. The number of hydrogen-bond acceptors (Lipinski definition) is 6. The Kier molecular flexibility index (Phi) is 39.1. The van der Waals surface area contributed by atoms with Crippen molar-refractivity contribution in [3.8, 4) is 5.75 Å². The Bertz CT molecular complexity index is 1330. The van der Waals surface area contributed by atoms with Crippen LogP contribution in [0.4, 0.5) is 0 Å². The first-order chi connectivity index (χ1) is 33.3. The van der Waals surface area contributed by atoms with Gasteiger partial charge in [-0.15, -0.1) is 0 Å². The zero-order chi connectivity index (χ0) is 49.1. The Morgan fingerprint density at radius 1 is 0.603 bits per heavy atom. The number of amides is 2. The fourth-order valence-corrected chi connectivity index (χ4v) is 10.5. The molecule has 8 nitrogen and oxygen atoms in total. The van der Waals surface area contributed by atoms with E-state index < -0.39 is 6.04 Å². The highest BCUT2D eigenvalue weighted by Crippen LogP contribution is 2.28. The third-order valence-electron chi connectivity index (χ3n) is 15.2. The van der Waals surface area contributed by atoms with Crippen LogP contribution in [0, 0.1) is 11.8 Å². The van der Waals surface area contributed by atoms with Gasteiger partial charge in [0.1, 0.15) is 11.8 Å². The molecule has 8 heteroatoms. The van der Waals surface area contributed by atoms with Crippen LogP contribution in [0.25, 0.3) is 0 Å². The van der Waals surface area contributed by atoms with Gasteiger partial charge in [-0.05, 0) is 101 Å². The van der Waals surface area contributed by atoms with Gasteiger partial charge < -0.3 is 24.6 Å². The van der Waals surface area contributed by atoms with Gasteiger partial charge in [0, 0.05) is 25.9 Å². The molecule has 1 saturated heterocycles. The smallest absolute Gasteiger partial charge is 0.305 e. The van der Waals surface area contributed by atoms with Gasteiger partial charge in [0.15, 0.2) is 0 Å². The van der Waals surface area contributed by atoms with Gasteiger partial charge in [-0.3, -0.25) is 14.4 Å². The lowest BCUT2D eigenvalue weighted by molar-refractivity contribution is -0.142. The maximum Gasteiger partial charge on any atom is 0.305 e. The van der Waals surface area contributed by atoms with Crippen LogP contribution >= 0.6 is 0 Å². The minimum absolute atomic E-state index is 0.0501. The summed E-state index contributed by atoms with van der Waals surface area (Å²) in [5, 5.41) is 3.37. The average molecular weight is 953 g/mol. The fourth-order valence-electron chi connectivity index (χ4n) is 10.5. The fraction of sp³-hybridized carbons (Fsp3) is 0.850. The molecule has 0 spiro atoms. The molecule has 1 aromatic rings. The molecule has 2 atom stereocenters. The van der Waals surface area contributed by atoms with Crippen molar-refractivity contribution in [1.29, 1.82) is 0 Å². The van der Waals surface area contributed by atoms with Crippen molar-refractivity contribution < 1.29 is 23.9 Å². The normalized spacial score (nSPS) is 14.2. The lowest BCUT2D eigenvalue weighted by Gasteiger charge is -2.38. The van der Waals surface area contributed by atoms with Crippen molar-refractivity contribution in [1.82, 2.24) is 15.1 Å². The van der Waals surface area contributed by atoms with Crippen molar-refractivity contribution in [2.75, 3.05) is 47.4 Å². The average Bonchev–Trinajstić information content (AvgIpc) is 3.35. The number of nitrogens with one attached hydrogen (secondary N) is 1. The number of piperidine rings is 1. The van der Waals surface area contributed by atoms with Crippen LogP contribution in [-0.2, 0) is 25.5 Å². The summed E-state index contributed by atoms with van der Waals surface area (Å²) in [4.78, 5) is 45.3. The van der Waals surface area contributed by atoms with Gasteiger partial charge in [0.05, 0.1) is 14.2 Å². The van der Waals surface area contributed by atoms with E-state index in [1.54, 1.807) is 7.11 Å². The molecule has 1 aliphatic rings. The van der Waals surface area contributed by atoms with Crippen molar-refractivity contribution in [3.05, 3.63) is 29.8 Å². The van der Waals surface area contributed by atoms with Crippen LogP contribution in [-0.4, -0.2) is 81.1 Å². The molecule has 1 N–H and O–H groups in total. The molecular weight excluding hydrogens is 843 g/mol. The standard InChI is InChI=1S/C60H109N3O5/c1-6-8-10-12-14-16-22-26-30-34-38-55(37-33-29-25-15-13-11-9-7-2)52-63(58(64)39-35-31-27-23-20-18-17-19-21-24-28-32-36-40-59(65)68-5)57(51-54-46-49-62(3)50-47-54)60(66)61-48-45-53-41-43-56(67-4)44-42-53/h41-44,54-55,57H,6-40,45-52H2,1-5H3,(H,61,66). The largest absolute Gasteiger partial charge is 0.497 e. The number of carbonyl (C=O) groups is 3. The summed E-state index contributed by atoms with van der Waals surface area (Å²) < 4.78 is 10.1. The summed E-state index contributed by atoms with van der Waals surface area (Å²) >= 11 is 0. The molecule has 1 aromatic carbocycles. The van der Waals surface area contributed by atoms with E-state index in [0.717, 1.165) is 89.6 Å². The van der Waals surface area contributed by atoms with Crippen LogP contribution in [0.3, 0.4) is 0 Å². The molecule has 1 aliphatic heterocycles. The molecule has 0 aromatic heterocycles. The maximum absolute atomic E-state index is 14.8. The van der Waals surface area contributed by atoms with Gasteiger partial charge >= 0.3 is 5.97 Å². The monoisotopic (exact) mass is 952 g/mol. The summed E-state index contributed by atoms with van der Waals surface area (Å²) in [7, 11) is 5.37. The minimum Gasteiger partial charge on any atom is -0.497 e. The molecule has 0 radical (unpaired) electrons. The first-order valence-corrected chi connectivity index (χ1v) is 29.3. The van der Waals surface area contributed by atoms with Crippen LogP contribution in [0.5, 0.6) is 5.75 Å². The Labute approximate surface area is 420 Å². The minimum atomic E-state index is -0.416. The maximum atomic E-state index is 14.8. The molecule has 2 rings (SSSR count). The highest BCUT2D eigenvalue weighted by atomic mass is 16.5. The zero-order valence-corrected chi connectivity index (χ0v) is 45.4. The topological polar surface area (TPSA) is 88.2 Å². The number of esters is 1. The second kappa shape index (κ2) is 43.2. The zero-order valence-electron chi connectivity index (χ0n) is 45.4. The Morgan fingerprint density at radius 3 is 1.47 bits per heavy atom. The van der Waals surface area contributed by atoms with Crippen molar-refractivity contribution in [3.63, 3.8) is 0 Å². The summed E-state index contributed by atoms with van der Waals surface area (Å²) in [5.74, 6) is 1.90. The molecule has 2 amide bonds. The first-order valence-electron chi connectivity index (χ1n) is 29.3. The van der Waals surface area contributed by atoms with Crippen molar-refractivity contribution in [2.45, 2.75) is 270 Å². The number of nitrogens with zero attached hydrogens (tertiary/aromatic N) is 2. The quantitative estimate of drug-likeness (QED) is 0.0517. The van der Waals surface area contributed by atoms with E-state index in [9.17, 15) is 14.4 Å². The number of methoxy groups -OCH3 is 2. The molecule has 2 unspecified atom stereocenters. The molecule has 0 saturated carbocycles. The van der Waals surface area contributed by atoms with Crippen LogP contribution in [0.1, 0.15) is 263 Å². The van der Waals surface area contributed by atoms with Gasteiger partial charge in [0.25, 0.3) is 0 Å². The molecule has 68 heavy (non-hydrogen) atoms. The van der Waals surface area contributed by atoms with Gasteiger partial charge in [0.2, 0.25) is 11.8 Å². The molecule has 394 valence electrons. The predicted octanol–water partition coefficient (Wildman–Crippen LogP) is 15.8. The summed E-state index contributed by atoms with van der Waals surface area (Å²) in [6, 6.07) is 7.73. The number of benzene rings is 1. The first kappa shape index (κ1) is 61.5. The number of likely N-dealkylation sites (tertiary alicyclic amines) is 1. The molecular formula is C60H109N3O5. The van der Waals surface area contributed by atoms with Crippen molar-refractivity contribution in [2.24, 2.45) is 11.8 Å². The number of carbonyl (C=O) groups excluding carboxylic acids is 3.